The molecule has 8 heteroatoms. The van der Waals surface area contributed by atoms with E-state index in [9.17, 15) is 4.79 Å². The van der Waals surface area contributed by atoms with Crippen LogP contribution in [0.3, 0.4) is 0 Å². The molecule has 4 aromatic rings. The van der Waals surface area contributed by atoms with Gasteiger partial charge in [-0.2, -0.15) is 0 Å². The van der Waals surface area contributed by atoms with Gasteiger partial charge in [-0.25, -0.2) is 4.98 Å². The van der Waals surface area contributed by atoms with Crippen LogP contribution in [-0.2, 0) is 18.4 Å². The fraction of sp³-hybridized carbons (Fsp3) is 0.231. The second-order valence-electron chi connectivity index (χ2n) is 8.03. The first-order valence-corrected chi connectivity index (χ1v) is 11.4. The van der Waals surface area contributed by atoms with Crippen molar-refractivity contribution in [2.24, 2.45) is 7.05 Å². The number of carbonyl (C=O) groups excluding carboxylic acids is 1. The summed E-state index contributed by atoms with van der Waals surface area (Å²) in [7, 11) is 1.94. The summed E-state index contributed by atoms with van der Waals surface area (Å²) in [6.07, 6.45) is 0. The van der Waals surface area contributed by atoms with E-state index in [0.717, 1.165) is 60.3 Å². The highest BCUT2D eigenvalue weighted by atomic mass is 35.5. The largest absolute Gasteiger partial charge is 0.486 e. The van der Waals surface area contributed by atoms with Crippen molar-refractivity contribution in [2.45, 2.75) is 6.61 Å². The van der Waals surface area contributed by atoms with Crippen LogP contribution in [0.2, 0.25) is 0 Å². The zero-order chi connectivity index (χ0) is 23.5. The molecule has 1 fully saturated rings. The molecule has 1 aromatic heterocycles. The minimum atomic E-state index is -0.517. The molecule has 2 heterocycles. The normalized spacial score (nSPS) is 13.8. The Morgan fingerprint density at radius 3 is 2.59 bits per heavy atom. The molecular weight excluding hydrogens is 454 g/mol. The third-order valence-electron chi connectivity index (χ3n) is 5.80. The molecule has 1 aliphatic rings. The van der Waals surface area contributed by atoms with Crippen molar-refractivity contribution in [3.63, 3.8) is 0 Å². The standard InChI is InChI=1S/C26H24ClN3O4/c1-29-24-16-22(34-21-7-3-5-19(15-21)30-10-12-32-13-11-30)8-9-23(24)28-25(29)17-33-20-6-2-4-18(14-20)26(27)31/h2-9,14-16H,10-13,17H2,1H3. The summed E-state index contributed by atoms with van der Waals surface area (Å²) in [5.41, 5.74) is 3.30. The number of fused-ring (bicyclic) bond motifs is 1. The van der Waals surface area contributed by atoms with Crippen LogP contribution in [0.1, 0.15) is 16.2 Å². The number of nitrogens with zero attached hydrogens (tertiary/aromatic N) is 3. The van der Waals surface area contributed by atoms with Crippen molar-refractivity contribution in [1.82, 2.24) is 9.55 Å². The van der Waals surface area contributed by atoms with Crippen LogP contribution in [0.25, 0.3) is 11.0 Å². The summed E-state index contributed by atoms with van der Waals surface area (Å²) in [5, 5.41) is -0.517. The smallest absolute Gasteiger partial charge is 0.252 e. The number of rotatable bonds is 7. The lowest BCUT2D eigenvalue weighted by atomic mass is 10.2. The number of imidazole rings is 1. The Balaban J connectivity index is 1.32. The SMILES string of the molecule is Cn1c(COc2cccc(C(=O)Cl)c2)nc2ccc(Oc3cccc(N4CCOCC4)c3)cc21. The molecule has 34 heavy (non-hydrogen) atoms. The Morgan fingerprint density at radius 2 is 1.76 bits per heavy atom. The van der Waals surface area contributed by atoms with Crippen molar-refractivity contribution in [3.05, 3.63) is 78.1 Å². The number of halogens is 1. The van der Waals surface area contributed by atoms with Crippen LogP contribution in [0.15, 0.2) is 66.7 Å². The molecule has 1 aliphatic heterocycles. The van der Waals surface area contributed by atoms with E-state index < -0.39 is 5.24 Å². The van der Waals surface area contributed by atoms with Crippen molar-refractivity contribution in [2.75, 3.05) is 31.2 Å². The maximum Gasteiger partial charge on any atom is 0.252 e. The summed E-state index contributed by atoms with van der Waals surface area (Å²) in [4.78, 5) is 18.4. The van der Waals surface area contributed by atoms with Gasteiger partial charge in [0, 0.05) is 43.5 Å². The van der Waals surface area contributed by atoms with Gasteiger partial charge < -0.3 is 23.7 Å². The molecule has 0 amide bonds. The van der Waals surface area contributed by atoms with E-state index in [4.69, 9.17) is 25.8 Å². The van der Waals surface area contributed by atoms with Crippen LogP contribution >= 0.6 is 11.6 Å². The van der Waals surface area contributed by atoms with E-state index in [1.165, 1.54) is 0 Å². The lowest BCUT2D eigenvalue weighted by Gasteiger charge is -2.29. The molecule has 0 aliphatic carbocycles. The van der Waals surface area contributed by atoms with Crippen molar-refractivity contribution in [3.8, 4) is 17.2 Å². The molecule has 1 saturated heterocycles. The molecule has 0 N–H and O–H groups in total. The van der Waals surface area contributed by atoms with Crippen molar-refractivity contribution in [1.29, 1.82) is 0 Å². The quantitative estimate of drug-likeness (QED) is 0.342. The van der Waals surface area contributed by atoms with Gasteiger partial charge in [0.05, 0.1) is 24.2 Å². The Bertz CT molecular complexity index is 1330. The minimum absolute atomic E-state index is 0.253. The number of hydrogen-bond acceptors (Lipinski definition) is 6. The Morgan fingerprint density at radius 1 is 1.00 bits per heavy atom. The van der Waals surface area contributed by atoms with Gasteiger partial charge in [0.15, 0.2) is 0 Å². The number of benzene rings is 3. The number of morpholine rings is 1. The summed E-state index contributed by atoms with van der Waals surface area (Å²) < 4.78 is 19.4. The first-order chi connectivity index (χ1) is 16.6. The van der Waals surface area contributed by atoms with Crippen LogP contribution in [0.4, 0.5) is 5.69 Å². The maximum atomic E-state index is 11.4. The van der Waals surface area contributed by atoms with Gasteiger partial charge in [0.1, 0.15) is 29.7 Å². The lowest BCUT2D eigenvalue weighted by molar-refractivity contribution is 0.108. The van der Waals surface area contributed by atoms with E-state index in [2.05, 4.69) is 22.0 Å². The topological polar surface area (TPSA) is 65.8 Å². The molecule has 7 nitrogen and oxygen atoms in total. The monoisotopic (exact) mass is 477 g/mol. The maximum absolute atomic E-state index is 11.4. The molecule has 0 spiro atoms. The Hall–Kier alpha value is -3.55. The third kappa shape index (κ3) is 4.85. The molecule has 174 valence electrons. The highest BCUT2D eigenvalue weighted by Crippen LogP contribution is 2.29. The molecule has 0 radical (unpaired) electrons. The van der Waals surface area contributed by atoms with Crippen LogP contribution < -0.4 is 14.4 Å². The number of aromatic nitrogens is 2. The van der Waals surface area contributed by atoms with Crippen LogP contribution in [0, 0.1) is 0 Å². The molecule has 5 rings (SSSR count). The highest BCUT2D eigenvalue weighted by Gasteiger charge is 2.13. The summed E-state index contributed by atoms with van der Waals surface area (Å²) in [6, 6.07) is 20.7. The second-order valence-corrected chi connectivity index (χ2v) is 8.37. The van der Waals surface area contributed by atoms with E-state index in [-0.39, 0.29) is 6.61 Å². The zero-order valence-electron chi connectivity index (χ0n) is 18.7. The third-order valence-corrected chi connectivity index (χ3v) is 6.02. The average molecular weight is 478 g/mol. The van der Waals surface area contributed by atoms with E-state index in [0.29, 0.717) is 11.3 Å². The van der Waals surface area contributed by atoms with Gasteiger partial charge in [0.2, 0.25) is 0 Å². The lowest BCUT2D eigenvalue weighted by Crippen LogP contribution is -2.36. The van der Waals surface area contributed by atoms with E-state index >= 15 is 0 Å². The van der Waals surface area contributed by atoms with E-state index in [1.807, 2.05) is 41.9 Å². The Kier molecular flexibility index (Phi) is 6.38. The van der Waals surface area contributed by atoms with Gasteiger partial charge in [-0.15, -0.1) is 0 Å². The van der Waals surface area contributed by atoms with Crippen LogP contribution in [0.5, 0.6) is 17.2 Å². The van der Waals surface area contributed by atoms with Crippen LogP contribution in [-0.4, -0.2) is 41.1 Å². The van der Waals surface area contributed by atoms with Crippen molar-refractivity contribution >= 4 is 33.6 Å². The fourth-order valence-electron chi connectivity index (χ4n) is 3.97. The molecule has 0 saturated carbocycles. The average Bonchev–Trinajstić information content (AvgIpc) is 3.18. The number of anilines is 1. The number of ether oxygens (including phenoxy) is 3. The molecule has 3 aromatic carbocycles. The van der Waals surface area contributed by atoms with Gasteiger partial charge in [-0.1, -0.05) is 12.1 Å². The Labute approximate surface area is 202 Å². The predicted molar refractivity (Wildman–Crippen MR) is 131 cm³/mol. The van der Waals surface area contributed by atoms with Gasteiger partial charge in [-0.05, 0) is 54.1 Å². The summed E-state index contributed by atoms with van der Waals surface area (Å²) in [5.74, 6) is 2.82. The molecular formula is C26H24ClN3O4. The first kappa shape index (κ1) is 22.3. The second kappa shape index (κ2) is 9.75. The van der Waals surface area contributed by atoms with E-state index in [1.54, 1.807) is 24.3 Å². The number of aryl methyl sites for hydroxylation is 1. The number of carbonyl (C=O) groups is 1. The number of hydrogen-bond donors (Lipinski definition) is 0. The minimum Gasteiger partial charge on any atom is -0.486 e. The fourth-order valence-corrected chi connectivity index (χ4v) is 4.09. The van der Waals surface area contributed by atoms with Gasteiger partial charge in [-0.3, -0.25) is 4.79 Å². The first-order valence-electron chi connectivity index (χ1n) is 11.1. The molecule has 0 atom stereocenters. The zero-order valence-corrected chi connectivity index (χ0v) is 19.5. The van der Waals surface area contributed by atoms with Crippen molar-refractivity contribution < 1.29 is 19.0 Å². The summed E-state index contributed by atoms with van der Waals surface area (Å²) in [6.45, 7) is 3.49. The summed E-state index contributed by atoms with van der Waals surface area (Å²) >= 11 is 5.56. The van der Waals surface area contributed by atoms with Gasteiger partial charge in [0.25, 0.3) is 5.24 Å². The molecule has 0 unspecified atom stereocenters. The predicted octanol–water partition coefficient (Wildman–Crippen LogP) is 5.16. The van der Waals surface area contributed by atoms with Gasteiger partial charge >= 0.3 is 0 Å². The molecule has 0 bridgehead atoms. The highest BCUT2D eigenvalue weighted by molar-refractivity contribution is 6.67.